The van der Waals surface area contributed by atoms with Crippen LogP contribution in [0.1, 0.15) is 33.1 Å². The van der Waals surface area contributed by atoms with E-state index in [1.54, 1.807) is 0 Å². The summed E-state index contributed by atoms with van der Waals surface area (Å²) in [6.07, 6.45) is 2.12. The van der Waals surface area contributed by atoms with Crippen molar-refractivity contribution in [3.05, 3.63) is 29.8 Å². The van der Waals surface area contributed by atoms with Crippen LogP contribution in [0.2, 0.25) is 0 Å². The van der Waals surface area contributed by atoms with Crippen molar-refractivity contribution in [1.82, 2.24) is 0 Å². The summed E-state index contributed by atoms with van der Waals surface area (Å²) in [7, 11) is 0. The Morgan fingerprint density at radius 1 is 1.28 bits per heavy atom. The molecule has 1 fully saturated rings. The Morgan fingerprint density at radius 2 is 1.83 bits per heavy atom. The van der Waals surface area contributed by atoms with Crippen LogP contribution in [0, 0.1) is 17.0 Å². The van der Waals surface area contributed by atoms with E-state index in [0.717, 1.165) is 12.8 Å². The average molecular weight is 275 g/mol. The van der Waals surface area contributed by atoms with Gasteiger partial charge in [0.1, 0.15) is 6.10 Å². The molecule has 0 N–H and O–H groups in total. The maximum Gasteiger partial charge on any atom is 0.191 e. The van der Waals surface area contributed by atoms with Gasteiger partial charge in [0.2, 0.25) is 0 Å². The molecular weight excluding hydrogens is 258 g/mol. The molecule has 2 unspecified atom stereocenters. The number of benzene rings is 1. The Morgan fingerprint density at radius 3 is 2.28 bits per heavy atom. The highest BCUT2D eigenvalue weighted by Crippen LogP contribution is 2.52. The molecule has 0 heterocycles. The van der Waals surface area contributed by atoms with Crippen LogP contribution in [0.3, 0.4) is 0 Å². The summed E-state index contributed by atoms with van der Waals surface area (Å²) in [5.41, 5.74) is -0.170. The molecule has 2 rings (SSSR count). The maximum absolute atomic E-state index is 13.5. The first-order chi connectivity index (χ1) is 8.55. The Bertz CT molecular complexity index is 412. The van der Waals surface area contributed by atoms with E-state index in [-0.39, 0.29) is 22.6 Å². The summed E-state index contributed by atoms with van der Waals surface area (Å²) in [6, 6.07) is 3.74. The van der Waals surface area contributed by atoms with Gasteiger partial charge >= 0.3 is 0 Å². The van der Waals surface area contributed by atoms with E-state index in [1.807, 2.05) is 13.8 Å². The molecule has 0 aromatic heterocycles. The highest BCUT2D eigenvalue weighted by atomic mass is 35.5. The standard InChI is InChI=1S/C14H17ClF2O/c1-3-14(4-2)11(15)8-12(14)18-13-9(16)6-5-7-10(13)17/h5-7,11-12H,3-4,8H2,1-2H3. The third-order valence-corrected chi connectivity index (χ3v) is 4.79. The van der Waals surface area contributed by atoms with Crippen molar-refractivity contribution in [2.24, 2.45) is 5.41 Å². The number of ether oxygens (including phenoxy) is 1. The number of hydrogen-bond acceptors (Lipinski definition) is 1. The minimum atomic E-state index is -0.658. The number of hydrogen-bond donors (Lipinski definition) is 0. The molecule has 0 radical (unpaired) electrons. The summed E-state index contributed by atoms with van der Waals surface area (Å²) in [4.78, 5) is 0. The van der Waals surface area contributed by atoms with Crippen LogP contribution in [-0.2, 0) is 0 Å². The molecule has 1 aromatic rings. The number of halogens is 3. The molecule has 18 heavy (non-hydrogen) atoms. The minimum absolute atomic E-state index is 0.0207. The normalized spacial score (nSPS) is 25.6. The predicted molar refractivity (Wildman–Crippen MR) is 68.0 cm³/mol. The first kappa shape index (κ1) is 13.6. The van der Waals surface area contributed by atoms with Crippen molar-refractivity contribution in [3.8, 4) is 5.75 Å². The molecule has 1 saturated carbocycles. The van der Waals surface area contributed by atoms with Gasteiger partial charge in [0, 0.05) is 17.2 Å². The average Bonchev–Trinajstić information content (AvgIpc) is 2.34. The van der Waals surface area contributed by atoms with Crippen LogP contribution >= 0.6 is 11.6 Å². The predicted octanol–water partition coefficient (Wildman–Crippen LogP) is 4.53. The van der Waals surface area contributed by atoms with Crippen LogP contribution < -0.4 is 4.74 Å². The third kappa shape index (κ3) is 1.99. The molecule has 0 spiro atoms. The van der Waals surface area contributed by atoms with E-state index in [9.17, 15) is 8.78 Å². The van der Waals surface area contributed by atoms with Crippen LogP contribution in [0.25, 0.3) is 0 Å². The fraction of sp³-hybridized carbons (Fsp3) is 0.571. The van der Waals surface area contributed by atoms with Crippen molar-refractivity contribution in [2.45, 2.75) is 44.6 Å². The zero-order valence-electron chi connectivity index (χ0n) is 10.6. The Hall–Kier alpha value is -0.830. The van der Waals surface area contributed by atoms with Gasteiger partial charge in [-0.05, 0) is 25.0 Å². The van der Waals surface area contributed by atoms with E-state index >= 15 is 0 Å². The zero-order valence-corrected chi connectivity index (χ0v) is 11.3. The van der Waals surface area contributed by atoms with Gasteiger partial charge in [-0.2, -0.15) is 0 Å². The highest BCUT2D eigenvalue weighted by Gasteiger charge is 2.53. The quantitative estimate of drug-likeness (QED) is 0.733. The molecule has 0 aliphatic heterocycles. The van der Waals surface area contributed by atoms with Gasteiger partial charge in [-0.3, -0.25) is 0 Å². The van der Waals surface area contributed by atoms with E-state index < -0.39 is 11.6 Å². The van der Waals surface area contributed by atoms with Crippen molar-refractivity contribution < 1.29 is 13.5 Å². The molecule has 1 aliphatic rings. The van der Waals surface area contributed by atoms with Crippen LogP contribution in [-0.4, -0.2) is 11.5 Å². The molecule has 2 atom stereocenters. The summed E-state index contributed by atoms with van der Waals surface area (Å²) >= 11 is 6.25. The lowest BCUT2D eigenvalue weighted by molar-refractivity contribution is -0.0499. The lowest BCUT2D eigenvalue weighted by atomic mass is 9.62. The maximum atomic E-state index is 13.5. The molecule has 1 nitrogen and oxygen atoms in total. The highest BCUT2D eigenvalue weighted by molar-refractivity contribution is 6.21. The van der Waals surface area contributed by atoms with Gasteiger partial charge in [0.05, 0.1) is 0 Å². The van der Waals surface area contributed by atoms with Crippen molar-refractivity contribution in [1.29, 1.82) is 0 Å². The largest absolute Gasteiger partial charge is 0.484 e. The molecule has 0 saturated heterocycles. The van der Waals surface area contributed by atoms with E-state index in [4.69, 9.17) is 16.3 Å². The second-order valence-corrected chi connectivity index (χ2v) is 5.33. The fourth-order valence-electron chi connectivity index (χ4n) is 2.75. The van der Waals surface area contributed by atoms with Gasteiger partial charge in [0.25, 0.3) is 0 Å². The molecule has 0 amide bonds. The second-order valence-electron chi connectivity index (χ2n) is 4.80. The lowest BCUT2D eigenvalue weighted by Crippen LogP contribution is -2.56. The molecule has 100 valence electrons. The number of rotatable bonds is 4. The van der Waals surface area contributed by atoms with Crippen molar-refractivity contribution in [3.63, 3.8) is 0 Å². The number of alkyl halides is 1. The van der Waals surface area contributed by atoms with E-state index in [1.165, 1.54) is 18.2 Å². The molecule has 1 aromatic carbocycles. The first-order valence-electron chi connectivity index (χ1n) is 6.30. The third-order valence-electron chi connectivity index (χ3n) is 4.18. The van der Waals surface area contributed by atoms with Crippen LogP contribution in [0.15, 0.2) is 18.2 Å². The van der Waals surface area contributed by atoms with Gasteiger partial charge in [-0.15, -0.1) is 11.6 Å². The smallest absolute Gasteiger partial charge is 0.191 e. The SMILES string of the molecule is CCC1(CC)C(Cl)CC1Oc1c(F)cccc1F. The monoisotopic (exact) mass is 274 g/mol. The topological polar surface area (TPSA) is 9.23 Å². The molecular formula is C14H17ClF2O. The zero-order chi connectivity index (χ0) is 13.3. The van der Waals surface area contributed by atoms with E-state index in [0.29, 0.717) is 6.42 Å². The Balaban J connectivity index is 2.20. The summed E-state index contributed by atoms with van der Waals surface area (Å²) in [5.74, 6) is -1.60. The van der Waals surface area contributed by atoms with Gasteiger partial charge in [-0.1, -0.05) is 19.9 Å². The summed E-state index contributed by atoms with van der Waals surface area (Å²) < 4.78 is 32.6. The first-order valence-corrected chi connectivity index (χ1v) is 6.73. The summed E-state index contributed by atoms with van der Waals surface area (Å²) in [5, 5.41) is 0.0207. The summed E-state index contributed by atoms with van der Waals surface area (Å²) in [6.45, 7) is 4.07. The fourth-order valence-corrected chi connectivity index (χ4v) is 3.36. The Labute approximate surface area is 111 Å². The van der Waals surface area contributed by atoms with Gasteiger partial charge in [-0.25, -0.2) is 8.78 Å². The van der Waals surface area contributed by atoms with Crippen molar-refractivity contribution >= 4 is 11.6 Å². The minimum Gasteiger partial charge on any atom is -0.484 e. The molecule has 0 bridgehead atoms. The lowest BCUT2D eigenvalue weighted by Gasteiger charge is -2.52. The van der Waals surface area contributed by atoms with Gasteiger partial charge < -0.3 is 4.74 Å². The Kier molecular flexibility index (Phi) is 3.81. The second kappa shape index (κ2) is 5.04. The van der Waals surface area contributed by atoms with Crippen LogP contribution in [0.5, 0.6) is 5.75 Å². The van der Waals surface area contributed by atoms with Crippen LogP contribution in [0.4, 0.5) is 8.78 Å². The number of para-hydroxylation sites is 1. The molecule has 1 aliphatic carbocycles. The van der Waals surface area contributed by atoms with E-state index in [2.05, 4.69) is 0 Å². The molecule has 4 heteroatoms. The van der Waals surface area contributed by atoms with Gasteiger partial charge in [0.15, 0.2) is 17.4 Å². The van der Waals surface area contributed by atoms with Crippen molar-refractivity contribution in [2.75, 3.05) is 0 Å².